The molecule has 11 heavy (non-hydrogen) atoms. The van der Waals surface area contributed by atoms with Crippen molar-refractivity contribution in [1.82, 2.24) is 10.2 Å². The van der Waals surface area contributed by atoms with Gasteiger partial charge in [-0.2, -0.15) is 5.10 Å². The largest absolute Gasteiger partial charge is 0.394 e. The molecule has 4 heteroatoms. The van der Waals surface area contributed by atoms with E-state index in [4.69, 9.17) is 9.84 Å². The van der Waals surface area contributed by atoms with E-state index < -0.39 is 0 Å². The number of aliphatic hydroxyl groups excluding tert-OH is 1. The Labute approximate surface area is 65.2 Å². The van der Waals surface area contributed by atoms with Crippen LogP contribution in [-0.2, 0) is 11.2 Å². The molecule has 0 aliphatic rings. The first kappa shape index (κ1) is 8.23. The third kappa shape index (κ3) is 3.15. The first-order valence-corrected chi connectivity index (χ1v) is 3.60. The fraction of sp³-hybridized carbons (Fsp3) is 0.571. The van der Waals surface area contributed by atoms with Gasteiger partial charge >= 0.3 is 0 Å². The molecule has 2 N–H and O–H groups in total. The van der Waals surface area contributed by atoms with Crippen molar-refractivity contribution < 1.29 is 9.84 Å². The minimum atomic E-state index is 0.0863. The number of aromatic amines is 1. The number of H-pyrrole nitrogens is 1. The maximum atomic E-state index is 8.38. The predicted molar refractivity (Wildman–Crippen MR) is 40.2 cm³/mol. The first-order chi connectivity index (χ1) is 5.43. The van der Waals surface area contributed by atoms with Crippen LogP contribution >= 0.6 is 0 Å². The van der Waals surface area contributed by atoms with Crippen LogP contribution in [0, 0.1) is 0 Å². The van der Waals surface area contributed by atoms with Crippen molar-refractivity contribution in [3.8, 4) is 0 Å². The van der Waals surface area contributed by atoms with E-state index in [0.29, 0.717) is 13.2 Å². The van der Waals surface area contributed by atoms with Crippen LogP contribution < -0.4 is 0 Å². The minimum absolute atomic E-state index is 0.0863. The fourth-order valence-electron chi connectivity index (χ4n) is 0.773. The fourth-order valence-corrected chi connectivity index (χ4v) is 0.773. The van der Waals surface area contributed by atoms with Gasteiger partial charge < -0.3 is 9.84 Å². The smallest absolute Gasteiger partial charge is 0.0697 e. The van der Waals surface area contributed by atoms with Gasteiger partial charge in [-0.15, -0.1) is 0 Å². The summed E-state index contributed by atoms with van der Waals surface area (Å²) in [5.41, 5.74) is 1.06. The van der Waals surface area contributed by atoms with Crippen LogP contribution in [-0.4, -0.2) is 35.1 Å². The third-order valence-corrected chi connectivity index (χ3v) is 1.31. The topological polar surface area (TPSA) is 58.1 Å². The number of nitrogens with zero attached hydrogens (tertiary/aromatic N) is 1. The van der Waals surface area contributed by atoms with Crippen molar-refractivity contribution in [2.45, 2.75) is 6.42 Å². The summed E-state index contributed by atoms with van der Waals surface area (Å²) in [6, 6.07) is 1.91. The van der Waals surface area contributed by atoms with Crippen LogP contribution in [0.1, 0.15) is 5.69 Å². The number of aliphatic hydroxyl groups is 1. The number of nitrogens with one attached hydrogen (secondary N) is 1. The highest BCUT2D eigenvalue weighted by atomic mass is 16.5. The Hall–Kier alpha value is -0.870. The molecular weight excluding hydrogens is 144 g/mol. The molecule has 4 nitrogen and oxygen atoms in total. The van der Waals surface area contributed by atoms with Crippen LogP contribution in [0.2, 0.25) is 0 Å². The second kappa shape index (κ2) is 4.87. The van der Waals surface area contributed by atoms with E-state index in [2.05, 4.69) is 10.2 Å². The maximum Gasteiger partial charge on any atom is 0.0697 e. The van der Waals surface area contributed by atoms with Crippen LogP contribution in [0.3, 0.4) is 0 Å². The second-order valence-corrected chi connectivity index (χ2v) is 2.17. The molecule has 1 aromatic rings. The van der Waals surface area contributed by atoms with Gasteiger partial charge in [-0.25, -0.2) is 0 Å². The maximum absolute atomic E-state index is 8.38. The van der Waals surface area contributed by atoms with E-state index in [0.717, 1.165) is 12.1 Å². The Bertz CT molecular complexity index is 175. The molecule has 0 aliphatic heterocycles. The number of rotatable bonds is 5. The lowest BCUT2D eigenvalue weighted by Gasteiger charge is -1.98. The summed E-state index contributed by atoms with van der Waals surface area (Å²) in [5.74, 6) is 0. The van der Waals surface area contributed by atoms with E-state index in [9.17, 15) is 0 Å². The van der Waals surface area contributed by atoms with Crippen LogP contribution in [0.15, 0.2) is 12.3 Å². The first-order valence-electron chi connectivity index (χ1n) is 3.60. The monoisotopic (exact) mass is 156 g/mol. The average Bonchev–Trinajstić information content (AvgIpc) is 2.50. The van der Waals surface area contributed by atoms with Gasteiger partial charge in [0.05, 0.1) is 19.8 Å². The molecule has 0 unspecified atom stereocenters. The summed E-state index contributed by atoms with van der Waals surface area (Å²) in [4.78, 5) is 0. The molecule has 0 saturated heterocycles. The molecule has 1 aromatic heterocycles. The SMILES string of the molecule is OCCOCCc1ccn[nH]1. The molecule has 0 aliphatic carbocycles. The highest BCUT2D eigenvalue weighted by Crippen LogP contribution is 1.92. The lowest BCUT2D eigenvalue weighted by Crippen LogP contribution is -2.03. The van der Waals surface area contributed by atoms with Crippen LogP contribution in [0.4, 0.5) is 0 Å². The molecule has 1 heterocycles. The molecule has 0 amide bonds. The molecule has 62 valence electrons. The standard InChI is InChI=1S/C7H12N2O2/c10-4-6-11-5-2-7-1-3-8-9-7/h1,3,10H,2,4-6H2,(H,8,9). The Morgan fingerprint density at radius 2 is 2.45 bits per heavy atom. The molecule has 0 fully saturated rings. The molecule has 0 atom stereocenters. The Kier molecular flexibility index (Phi) is 3.64. The van der Waals surface area contributed by atoms with Crippen molar-refractivity contribution in [2.24, 2.45) is 0 Å². The van der Waals surface area contributed by atoms with E-state index in [1.807, 2.05) is 6.07 Å². The number of ether oxygens (including phenoxy) is 1. The summed E-state index contributed by atoms with van der Waals surface area (Å²) in [6.45, 7) is 1.12. The van der Waals surface area contributed by atoms with Gasteiger partial charge in [-0.1, -0.05) is 0 Å². The van der Waals surface area contributed by atoms with Crippen molar-refractivity contribution >= 4 is 0 Å². The lowest BCUT2D eigenvalue weighted by molar-refractivity contribution is 0.0940. The second-order valence-electron chi connectivity index (χ2n) is 2.17. The summed E-state index contributed by atoms with van der Waals surface area (Å²) in [7, 11) is 0. The summed E-state index contributed by atoms with van der Waals surface area (Å²) < 4.78 is 5.06. The molecule has 0 saturated carbocycles. The number of hydrogen-bond acceptors (Lipinski definition) is 3. The van der Waals surface area contributed by atoms with Crippen molar-refractivity contribution in [3.05, 3.63) is 18.0 Å². The highest BCUT2D eigenvalue weighted by Gasteiger charge is 1.92. The van der Waals surface area contributed by atoms with Gasteiger partial charge in [-0.05, 0) is 6.07 Å². The Morgan fingerprint density at radius 1 is 1.55 bits per heavy atom. The Balaban J connectivity index is 2.04. The average molecular weight is 156 g/mol. The van der Waals surface area contributed by atoms with Gasteiger partial charge in [0, 0.05) is 18.3 Å². The summed E-state index contributed by atoms with van der Waals surface area (Å²) in [5, 5.41) is 15.0. The summed E-state index contributed by atoms with van der Waals surface area (Å²) in [6.07, 6.45) is 2.53. The molecule has 0 spiro atoms. The van der Waals surface area contributed by atoms with Crippen molar-refractivity contribution in [2.75, 3.05) is 19.8 Å². The van der Waals surface area contributed by atoms with Crippen LogP contribution in [0.5, 0.6) is 0 Å². The van der Waals surface area contributed by atoms with Gasteiger partial charge in [0.1, 0.15) is 0 Å². The molecular formula is C7H12N2O2. The normalized spacial score (nSPS) is 10.3. The van der Waals surface area contributed by atoms with Gasteiger partial charge in [0.2, 0.25) is 0 Å². The van der Waals surface area contributed by atoms with Gasteiger partial charge in [0.15, 0.2) is 0 Å². The third-order valence-electron chi connectivity index (χ3n) is 1.31. The zero-order valence-electron chi connectivity index (χ0n) is 6.29. The number of hydrogen-bond donors (Lipinski definition) is 2. The Morgan fingerprint density at radius 3 is 3.09 bits per heavy atom. The molecule has 0 radical (unpaired) electrons. The van der Waals surface area contributed by atoms with E-state index >= 15 is 0 Å². The number of aromatic nitrogens is 2. The van der Waals surface area contributed by atoms with Gasteiger partial charge in [0.25, 0.3) is 0 Å². The van der Waals surface area contributed by atoms with Crippen LogP contribution in [0.25, 0.3) is 0 Å². The van der Waals surface area contributed by atoms with Crippen molar-refractivity contribution in [3.63, 3.8) is 0 Å². The zero-order valence-corrected chi connectivity index (χ0v) is 6.29. The quantitative estimate of drug-likeness (QED) is 0.588. The molecule has 0 bridgehead atoms. The zero-order chi connectivity index (χ0) is 7.94. The highest BCUT2D eigenvalue weighted by molar-refractivity contribution is 4.96. The minimum Gasteiger partial charge on any atom is -0.394 e. The molecule has 1 rings (SSSR count). The van der Waals surface area contributed by atoms with Gasteiger partial charge in [-0.3, -0.25) is 5.10 Å². The van der Waals surface area contributed by atoms with Crippen molar-refractivity contribution in [1.29, 1.82) is 0 Å². The lowest BCUT2D eigenvalue weighted by atomic mass is 10.3. The van der Waals surface area contributed by atoms with E-state index in [-0.39, 0.29) is 6.61 Å². The van der Waals surface area contributed by atoms with E-state index in [1.165, 1.54) is 0 Å². The summed E-state index contributed by atoms with van der Waals surface area (Å²) >= 11 is 0. The van der Waals surface area contributed by atoms with E-state index in [1.54, 1.807) is 6.20 Å². The molecule has 0 aromatic carbocycles. The predicted octanol–water partition coefficient (Wildman–Crippen LogP) is -0.0389.